The van der Waals surface area contributed by atoms with Crippen LogP contribution < -0.4 is 11.1 Å². The summed E-state index contributed by atoms with van der Waals surface area (Å²) >= 11 is 6.02. The van der Waals surface area contributed by atoms with Crippen LogP contribution in [0.1, 0.15) is 17.5 Å². The fourth-order valence-corrected chi connectivity index (χ4v) is 2.03. The van der Waals surface area contributed by atoms with Gasteiger partial charge in [0.2, 0.25) is 0 Å². The van der Waals surface area contributed by atoms with E-state index >= 15 is 0 Å². The SMILES string of the molecule is Nc1ccc(C#CCCNC(=O)OCc2ccccc2)c(Cl)c1. The molecule has 0 saturated carbocycles. The van der Waals surface area contributed by atoms with Gasteiger partial charge in [-0.2, -0.15) is 0 Å². The van der Waals surface area contributed by atoms with Gasteiger partial charge >= 0.3 is 6.09 Å². The Balaban J connectivity index is 1.69. The Morgan fingerprint density at radius 2 is 2.00 bits per heavy atom. The smallest absolute Gasteiger partial charge is 0.407 e. The molecule has 2 aromatic carbocycles. The number of benzene rings is 2. The Hall–Kier alpha value is -2.64. The molecule has 23 heavy (non-hydrogen) atoms. The van der Waals surface area contributed by atoms with Crippen LogP contribution in [0, 0.1) is 11.8 Å². The van der Waals surface area contributed by atoms with E-state index in [2.05, 4.69) is 17.2 Å². The average Bonchev–Trinajstić information content (AvgIpc) is 2.55. The van der Waals surface area contributed by atoms with Crippen molar-refractivity contribution < 1.29 is 9.53 Å². The zero-order chi connectivity index (χ0) is 16.5. The number of hydrogen-bond acceptors (Lipinski definition) is 3. The molecule has 2 rings (SSSR count). The van der Waals surface area contributed by atoms with Gasteiger partial charge in [0.1, 0.15) is 6.61 Å². The second kappa shape index (κ2) is 8.72. The van der Waals surface area contributed by atoms with E-state index in [1.54, 1.807) is 18.2 Å². The van der Waals surface area contributed by atoms with Crippen LogP contribution >= 0.6 is 11.6 Å². The lowest BCUT2D eigenvalue weighted by Gasteiger charge is -2.05. The van der Waals surface area contributed by atoms with Gasteiger partial charge in [-0.15, -0.1) is 0 Å². The number of nitrogens with two attached hydrogens (primary N) is 1. The molecule has 0 saturated heterocycles. The van der Waals surface area contributed by atoms with Crippen molar-refractivity contribution >= 4 is 23.4 Å². The minimum Gasteiger partial charge on any atom is -0.445 e. The van der Waals surface area contributed by atoms with Gasteiger partial charge < -0.3 is 15.8 Å². The van der Waals surface area contributed by atoms with E-state index in [4.69, 9.17) is 22.1 Å². The number of alkyl carbamates (subject to hydrolysis) is 1. The maximum absolute atomic E-state index is 11.5. The Labute approximate surface area is 140 Å². The standard InChI is InChI=1S/C18H17ClN2O2/c19-17-12-16(20)10-9-15(17)8-4-5-11-21-18(22)23-13-14-6-2-1-3-7-14/h1-3,6-7,9-10,12H,5,11,13,20H2,(H,21,22). The topological polar surface area (TPSA) is 64.3 Å². The number of anilines is 1. The highest BCUT2D eigenvalue weighted by molar-refractivity contribution is 6.32. The Morgan fingerprint density at radius 1 is 1.22 bits per heavy atom. The third kappa shape index (κ3) is 5.93. The number of amides is 1. The lowest BCUT2D eigenvalue weighted by atomic mass is 10.2. The van der Waals surface area contributed by atoms with Crippen LogP contribution in [-0.4, -0.2) is 12.6 Å². The zero-order valence-corrected chi connectivity index (χ0v) is 13.3. The number of nitrogen functional groups attached to an aromatic ring is 1. The molecule has 0 radical (unpaired) electrons. The van der Waals surface area contributed by atoms with Gasteiger partial charge in [0.05, 0.1) is 5.02 Å². The van der Waals surface area contributed by atoms with E-state index < -0.39 is 6.09 Å². The average molecular weight is 329 g/mol. The predicted octanol–water partition coefficient (Wildman–Crippen LogP) is 3.59. The lowest BCUT2D eigenvalue weighted by Crippen LogP contribution is -2.24. The Kier molecular flexibility index (Phi) is 6.34. The fourth-order valence-electron chi connectivity index (χ4n) is 1.79. The van der Waals surface area contributed by atoms with Crippen LogP contribution in [0.2, 0.25) is 5.02 Å². The van der Waals surface area contributed by atoms with Crippen molar-refractivity contribution in [2.45, 2.75) is 13.0 Å². The minimum absolute atomic E-state index is 0.249. The molecule has 4 nitrogen and oxygen atoms in total. The minimum atomic E-state index is -0.457. The maximum Gasteiger partial charge on any atom is 0.407 e. The van der Waals surface area contributed by atoms with Crippen LogP contribution in [0.15, 0.2) is 48.5 Å². The third-order valence-electron chi connectivity index (χ3n) is 2.95. The number of hydrogen-bond donors (Lipinski definition) is 2. The first-order valence-corrected chi connectivity index (χ1v) is 7.51. The van der Waals surface area contributed by atoms with Crippen LogP contribution in [0.3, 0.4) is 0 Å². The molecule has 0 aliphatic rings. The molecule has 0 aromatic heterocycles. The zero-order valence-electron chi connectivity index (χ0n) is 12.5. The largest absolute Gasteiger partial charge is 0.445 e. The molecule has 118 valence electrons. The molecule has 0 bridgehead atoms. The number of carbonyl (C=O) groups excluding carboxylic acids is 1. The summed E-state index contributed by atoms with van der Waals surface area (Å²) in [7, 11) is 0. The number of carbonyl (C=O) groups is 1. The van der Waals surface area contributed by atoms with Crippen molar-refractivity contribution in [1.82, 2.24) is 5.32 Å². The highest BCUT2D eigenvalue weighted by Gasteiger charge is 2.01. The van der Waals surface area contributed by atoms with Gasteiger partial charge in [-0.1, -0.05) is 53.8 Å². The molecule has 5 heteroatoms. The van der Waals surface area contributed by atoms with E-state index in [0.717, 1.165) is 5.56 Å². The quantitative estimate of drug-likeness (QED) is 0.512. The maximum atomic E-state index is 11.5. The van der Waals surface area contributed by atoms with Crippen LogP contribution in [0.5, 0.6) is 0 Å². The van der Waals surface area contributed by atoms with Gasteiger partial charge in [0.15, 0.2) is 0 Å². The third-order valence-corrected chi connectivity index (χ3v) is 3.26. The van der Waals surface area contributed by atoms with Crippen LogP contribution in [0.4, 0.5) is 10.5 Å². The van der Waals surface area contributed by atoms with E-state index in [1.807, 2.05) is 30.3 Å². The lowest BCUT2D eigenvalue weighted by molar-refractivity contribution is 0.140. The monoisotopic (exact) mass is 328 g/mol. The molecule has 0 aliphatic heterocycles. The van der Waals surface area contributed by atoms with Crippen molar-refractivity contribution in [2.24, 2.45) is 0 Å². The van der Waals surface area contributed by atoms with Gasteiger partial charge in [0.25, 0.3) is 0 Å². The highest BCUT2D eigenvalue weighted by atomic mass is 35.5. The Morgan fingerprint density at radius 3 is 2.74 bits per heavy atom. The second-order valence-electron chi connectivity index (χ2n) is 4.78. The molecule has 0 heterocycles. The number of nitrogens with one attached hydrogen (secondary N) is 1. The highest BCUT2D eigenvalue weighted by Crippen LogP contribution is 2.17. The van der Waals surface area contributed by atoms with E-state index in [0.29, 0.717) is 29.2 Å². The molecule has 1 amide bonds. The van der Waals surface area contributed by atoms with Gasteiger partial charge in [-0.05, 0) is 23.8 Å². The summed E-state index contributed by atoms with van der Waals surface area (Å²) in [4.78, 5) is 11.5. The first kappa shape index (κ1) is 16.7. The van der Waals surface area contributed by atoms with Crippen molar-refractivity contribution in [3.8, 4) is 11.8 Å². The van der Waals surface area contributed by atoms with Crippen molar-refractivity contribution in [1.29, 1.82) is 0 Å². The molecular formula is C18H17ClN2O2. The van der Waals surface area contributed by atoms with Crippen molar-refractivity contribution in [2.75, 3.05) is 12.3 Å². The van der Waals surface area contributed by atoms with Gasteiger partial charge in [-0.25, -0.2) is 4.79 Å². The summed E-state index contributed by atoms with van der Waals surface area (Å²) in [5.41, 5.74) is 7.87. The molecule has 0 unspecified atom stereocenters. The van der Waals surface area contributed by atoms with Crippen LogP contribution in [-0.2, 0) is 11.3 Å². The van der Waals surface area contributed by atoms with Crippen molar-refractivity contribution in [3.63, 3.8) is 0 Å². The molecule has 0 spiro atoms. The van der Waals surface area contributed by atoms with E-state index in [-0.39, 0.29) is 6.61 Å². The van der Waals surface area contributed by atoms with Gasteiger partial charge in [0, 0.05) is 24.2 Å². The molecule has 3 N–H and O–H groups in total. The molecule has 2 aromatic rings. The molecule has 0 fully saturated rings. The van der Waals surface area contributed by atoms with Crippen molar-refractivity contribution in [3.05, 3.63) is 64.7 Å². The molecule has 0 aliphatic carbocycles. The summed E-state index contributed by atoms with van der Waals surface area (Å²) in [5.74, 6) is 5.89. The number of ether oxygens (including phenoxy) is 1. The summed E-state index contributed by atoms with van der Waals surface area (Å²) < 4.78 is 5.09. The molecular weight excluding hydrogens is 312 g/mol. The number of halogens is 1. The van der Waals surface area contributed by atoms with Crippen LogP contribution in [0.25, 0.3) is 0 Å². The molecule has 0 atom stereocenters. The normalized spacial score (nSPS) is 9.61. The Bertz CT molecular complexity index is 721. The van der Waals surface area contributed by atoms with E-state index in [1.165, 1.54) is 0 Å². The summed E-state index contributed by atoms with van der Waals surface area (Å²) in [5, 5.41) is 3.17. The van der Waals surface area contributed by atoms with E-state index in [9.17, 15) is 4.79 Å². The second-order valence-corrected chi connectivity index (χ2v) is 5.19. The summed E-state index contributed by atoms with van der Waals surface area (Å²) in [6.07, 6.45) is 0.0439. The summed E-state index contributed by atoms with van der Waals surface area (Å²) in [6.45, 7) is 0.659. The predicted molar refractivity (Wildman–Crippen MR) is 92.0 cm³/mol. The van der Waals surface area contributed by atoms with Gasteiger partial charge in [-0.3, -0.25) is 0 Å². The first-order valence-electron chi connectivity index (χ1n) is 7.13. The first-order chi connectivity index (χ1) is 11.1. The summed E-state index contributed by atoms with van der Waals surface area (Å²) in [6, 6.07) is 14.7. The number of rotatable bonds is 4. The fraction of sp³-hybridized carbons (Fsp3) is 0.167.